The highest BCUT2D eigenvalue weighted by Crippen LogP contribution is 2.20. The number of halogens is 1. The van der Waals surface area contributed by atoms with E-state index in [0.717, 1.165) is 12.3 Å². The largest absolute Gasteiger partial charge is 0.370 e. The zero-order valence-electron chi connectivity index (χ0n) is 9.59. The molecule has 18 heavy (non-hydrogen) atoms. The average molecular weight is 294 g/mol. The summed E-state index contributed by atoms with van der Waals surface area (Å²) in [4.78, 5) is 13.9. The number of rotatable bonds is 6. The minimum atomic E-state index is -3.00. The van der Waals surface area contributed by atoms with Crippen LogP contribution in [0.5, 0.6) is 0 Å². The summed E-state index contributed by atoms with van der Waals surface area (Å²) in [5.41, 5.74) is -0.166. The summed E-state index contributed by atoms with van der Waals surface area (Å²) in [6.07, 6.45) is 1.54. The van der Waals surface area contributed by atoms with Crippen LogP contribution in [-0.2, 0) is 9.84 Å². The molecule has 0 radical (unpaired) electrons. The molecule has 0 amide bonds. The summed E-state index contributed by atoms with van der Waals surface area (Å²) < 4.78 is 21.8. The lowest BCUT2D eigenvalue weighted by Gasteiger charge is -2.05. The van der Waals surface area contributed by atoms with Crippen LogP contribution < -0.4 is 5.32 Å². The number of nitro groups is 1. The fraction of sp³-hybridized carbons (Fsp3) is 0.444. The van der Waals surface area contributed by atoms with Crippen molar-refractivity contribution in [3.63, 3.8) is 0 Å². The molecule has 1 rings (SSSR count). The maximum Gasteiger partial charge on any atom is 0.276 e. The standard InChI is InChI=1S/C9H12ClN3O4S/c1-18(16,17)4-2-3-11-9-6-7(13(14)15)5-8(10)12-9/h5-6H,2-4H2,1H3,(H,11,12). The maximum atomic E-state index is 10.9. The van der Waals surface area contributed by atoms with Crippen molar-refractivity contribution < 1.29 is 13.3 Å². The summed E-state index contributed by atoms with van der Waals surface area (Å²) in [5, 5.41) is 13.4. The first kappa shape index (κ1) is 14.7. The molecule has 0 saturated carbocycles. The Hall–Kier alpha value is -1.41. The number of aromatic nitrogens is 1. The van der Waals surface area contributed by atoms with E-state index in [1.807, 2.05) is 0 Å². The molecule has 7 nitrogen and oxygen atoms in total. The highest BCUT2D eigenvalue weighted by molar-refractivity contribution is 7.90. The van der Waals surface area contributed by atoms with E-state index in [1.165, 1.54) is 6.07 Å². The van der Waals surface area contributed by atoms with Gasteiger partial charge < -0.3 is 5.32 Å². The quantitative estimate of drug-likeness (QED) is 0.369. The molecule has 0 spiro atoms. The average Bonchev–Trinajstić information content (AvgIpc) is 2.22. The van der Waals surface area contributed by atoms with Crippen molar-refractivity contribution in [1.29, 1.82) is 0 Å². The monoisotopic (exact) mass is 293 g/mol. The predicted molar refractivity (Wildman–Crippen MR) is 68.7 cm³/mol. The number of pyridine rings is 1. The molecular formula is C9H12ClN3O4S. The highest BCUT2D eigenvalue weighted by Gasteiger charge is 2.10. The highest BCUT2D eigenvalue weighted by atomic mass is 35.5. The molecule has 1 aromatic rings. The third-order valence-electron chi connectivity index (χ3n) is 1.99. The van der Waals surface area contributed by atoms with Crippen molar-refractivity contribution in [2.24, 2.45) is 0 Å². The SMILES string of the molecule is CS(=O)(=O)CCCNc1cc([N+](=O)[O-])cc(Cl)n1. The summed E-state index contributed by atoms with van der Waals surface area (Å²) in [7, 11) is -3.00. The molecule has 0 atom stereocenters. The molecular weight excluding hydrogens is 282 g/mol. The predicted octanol–water partition coefficient (Wildman–Crippen LogP) is 1.49. The van der Waals surface area contributed by atoms with Crippen LogP contribution in [0.4, 0.5) is 11.5 Å². The number of nitrogens with zero attached hydrogens (tertiary/aromatic N) is 2. The van der Waals surface area contributed by atoms with Gasteiger partial charge in [-0.05, 0) is 6.42 Å². The van der Waals surface area contributed by atoms with Crippen LogP contribution in [0.1, 0.15) is 6.42 Å². The molecule has 0 fully saturated rings. The number of nitrogens with one attached hydrogen (secondary N) is 1. The van der Waals surface area contributed by atoms with Gasteiger partial charge in [-0.25, -0.2) is 13.4 Å². The summed E-state index contributed by atoms with van der Waals surface area (Å²) in [5.74, 6) is 0.297. The minimum absolute atomic E-state index is 0.00909. The van der Waals surface area contributed by atoms with E-state index in [9.17, 15) is 18.5 Å². The number of sulfone groups is 1. The molecule has 1 heterocycles. The van der Waals surface area contributed by atoms with Gasteiger partial charge in [-0.1, -0.05) is 11.6 Å². The zero-order chi connectivity index (χ0) is 13.8. The molecule has 1 aromatic heterocycles. The van der Waals surface area contributed by atoms with Gasteiger partial charge in [0.15, 0.2) is 0 Å². The summed E-state index contributed by atoms with van der Waals surface area (Å²) in [6, 6.07) is 2.38. The van der Waals surface area contributed by atoms with Gasteiger partial charge in [-0.3, -0.25) is 10.1 Å². The second kappa shape index (κ2) is 5.96. The lowest BCUT2D eigenvalue weighted by atomic mass is 10.4. The molecule has 100 valence electrons. The number of hydrogen-bond donors (Lipinski definition) is 1. The topological polar surface area (TPSA) is 102 Å². The van der Waals surface area contributed by atoms with Crippen molar-refractivity contribution in [1.82, 2.24) is 4.98 Å². The Morgan fingerprint density at radius 3 is 2.72 bits per heavy atom. The molecule has 0 aliphatic heterocycles. The third-order valence-corrected chi connectivity index (χ3v) is 3.21. The number of hydrogen-bond acceptors (Lipinski definition) is 6. The lowest BCUT2D eigenvalue weighted by molar-refractivity contribution is -0.384. The normalized spacial score (nSPS) is 11.2. The second-order valence-corrected chi connectivity index (χ2v) is 6.35. The van der Waals surface area contributed by atoms with Gasteiger partial charge >= 0.3 is 0 Å². The Morgan fingerprint density at radius 1 is 1.50 bits per heavy atom. The Morgan fingerprint density at radius 2 is 2.17 bits per heavy atom. The smallest absolute Gasteiger partial charge is 0.276 e. The van der Waals surface area contributed by atoms with E-state index in [2.05, 4.69) is 10.3 Å². The van der Waals surface area contributed by atoms with Gasteiger partial charge in [0, 0.05) is 12.8 Å². The van der Waals surface area contributed by atoms with Crippen LogP contribution in [0.3, 0.4) is 0 Å². The molecule has 0 aromatic carbocycles. The lowest BCUT2D eigenvalue weighted by Crippen LogP contribution is -2.10. The van der Waals surface area contributed by atoms with Crippen molar-refractivity contribution in [3.8, 4) is 0 Å². The fourth-order valence-corrected chi connectivity index (χ4v) is 2.10. The van der Waals surface area contributed by atoms with Crippen molar-refractivity contribution >= 4 is 32.9 Å². The third kappa shape index (κ3) is 5.28. The Labute approximate surface area is 109 Å². The molecule has 0 unspecified atom stereocenters. The van der Waals surface area contributed by atoms with Crippen LogP contribution >= 0.6 is 11.6 Å². The van der Waals surface area contributed by atoms with Crippen molar-refractivity contribution in [2.45, 2.75) is 6.42 Å². The van der Waals surface area contributed by atoms with Gasteiger partial charge in [0.25, 0.3) is 5.69 Å². The minimum Gasteiger partial charge on any atom is -0.370 e. The van der Waals surface area contributed by atoms with Crippen molar-refractivity contribution in [2.75, 3.05) is 23.9 Å². The Kier molecular flexibility index (Phi) is 4.85. The Bertz CT molecular complexity index is 547. The van der Waals surface area contributed by atoms with Gasteiger partial charge in [-0.15, -0.1) is 0 Å². The van der Waals surface area contributed by atoms with Crippen LogP contribution in [0.2, 0.25) is 5.15 Å². The van der Waals surface area contributed by atoms with E-state index < -0.39 is 14.8 Å². The summed E-state index contributed by atoms with van der Waals surface area (Å²) >= 11 is 5.63. The van der Waals surface area contributed by atoms with Gasteiger partial charge in [0.2, 0.25) is 0 Å². The van der Waals surface area contributed by atoms with Crippen LogP contribution in [0.15, 0.2) is 12.1 Å². The van der Waals surface area contributed by atoms with Crippen LogP contribution in [0, 0.1) is 10.1 Å². The first-order chi connectivity index (χ1) is 8.28. The van der Waals surface area contributed by atoms with E-state index in [1.54, 1.807) is 0 Å². The molecule has 0 aliphatic carbocycles. The molecule has 0 bridgehead atoms. The van der Waals surface area contributed by atoms with Crippen LogP contribution in [-0.4, -0.2) is 36.9 Å². The van der Waals surface area contributed by atoms with E-state index in [-0.39, 0.29) is 22.4 Å². The molecule has 9 heteroatoms. The van der Waals surface area contributed by atoms with E-state index in [0.29, 0.717) is 13.0 Å². The first-order valence-electron chi connectivity index (χ1n) is 5.01. The second-order valence-electron chi connectivity index (χ2n) is 3.70. The van der Waals surface area contributed by atoms with Crippen LogP contribution in [0.25, 0.3) is 0 Å². The summed E-state index contributed by atoms with van der Waals surface area (Å²) in [6.45, 7) is 0.345. The number of anilines is 1. The van der Waals surface area contributed by atoms with E-state index >= 15 is 0 Å². The molecule has 0 saturated heterocycles. The van der Waals surface area contributed by atoms with Gasteiger partial charge in [0.05, 0.1) is 22.8 Å². The fourth-order valence-electron chi connectivity index (χ4n) is 1.23. The molecule has 1 N–H and O–H groups in total. The van der Waals surface area contributed by atoms with Gasteiger partial charge in [0.1, 0.15) is 20.8 Å². The Balaban J connectivity index is 2.60. The molecule has 0 aliphatic rings. The van der Waals surface area contributed by atoms with E-state index in [4.69, 9.17) is 11.6 Å². The van der Waals surface area contributed by atoms with Crippen molar-refractivity contribution in [3.05, 3.63) is 27.4 Å². The first-order valence-corrected chi connectivity index (χ1v) is 7.45. The van der Waals surface area contributed by atoms with Gasteiger partial charge in [-0.2, -0.15) is 0 Å². The maximum absolute atomic E-state index is 10.9. The zero-order valence-corrected chi connectivity index (χ0v) is 11.2.